The van der Waals surface area contributed by atoms with Crippen molar-refractivity contribution >= 4 is 27.0 Å². The third kappa shape index (κ3) is 2.59. The normalized spacial score (nSPS) is 12.8. The summed E-state index contributed by atoms with van der Waals surface area (Å²) in [5, 5.41) is 0. The Hall–Kier alpha value is -1.72. The number of nitrogens with zero attached hydrogens (tertiary/aromatic N) is 1. The minimum Gasteiger partial charge on any atom is -0.441 e. The molecule has 1 aromatic heterocycles. The molecule has 0 aliphatic heterocycles. The molecule has 20 heavy (non-hydrogen) atoms. The summed E-state index contributed by atoms with van der Waals surface area (Å²) < 4.78 is 20.1. The van der Waals surface area contributed by atoms with Crippen molar-refractivity contribution in [2.24, 2.45) is 5.73 Å². The van der Waals surface area contributed by atoms with E-state index in [2.05, 4.69) is 20.9 Å². The van der Waals surface area contributed by atoms with Gasteiger partial charge < -0.3 is 10.2 Å². The van der Waals surface area contributed by atoms with Crippen molar-refractivity contribution in [2.45, 2.75) is 12.5 Å². The predicted octanol–water partition coefficient (Wildman–Crippen LogP) is 3.97. The standard InChI is InChI=1S/C15H12BrFN2O/c16-9-5-6-10(11(17)7-9)12(18)8-15-19-13-3-1-2-4-14(13)20-15/h1-7,12H,8,18H2. The van der Waals surface area contributed by atoms with E-state index in [9.17, 15) is 4.39 Å². The molecule has 5 heteroatoms. The van der Waals surface area contributed by atoms with E-state index in [1.165, 1.54) is 6.07 Å². The highest BCUT2D eigenvalue weighted by atomic mass is 79.9. The molecule has 0 aliphatic rings. The molecule has 2 N–H and O–H groups in total. The summed E-state index contributed by atoms with van der Waals surface area (Å²) in [7, 11) is 0. The van der Waals surface area contributed by atoms with Crippen LogP contribution >= 0.6 is 15.9 Å². The smallest absolute Gasteiger partial charge is 0.197 e. The van der Waals surface area contributed by atoms with Crippen LogP contribution in [0, 0.1) is 5.82 Å². The third-order valence-corrected chi connectivity index (χ3v) is 3.59. The lowest BCUT2D eigenvalue weighted by Gasteiger charge is -2.11. The Morgan fingerprint density at radius 3 is 2.80 bits per heavy atom. The van der Waals surface area contributed by atoms with E-state index in [0.717, 1.165) is 5.52 Å². The van der Waals surface area contributed by atoms with Crippen LogP contribution in [0.5, 0.6) is 0 Å². The molecule has 3 nitrogen and oxygen atoms in total. The number of fused-ring (bicyclic) bond motifs is 1. The maximum atomic E-state index is 13.8. The van der Waals surface area contributed by atoms with Gasteiger partial charge in [0.2, 0.25) is 0 Å². The minimum absolute atomic E-state index is 0.331. The van der Waals surface area contributed by atoms with E-state index in [-0.39, 0.29) is 5.82 Å². The fraction of sp³-hybridized carbons (Fsp3) is 0.133. The van der Waals surface area contributed by atoms with Crippen LogP contribution in [0.3, 0.4) is 0 Å². The van der Waals surface area contributed by atoms with E-state index in [4.69, 9.17) is 10.2 Å². The van der Waals surface area contributed by atoms with Crippen molar-refractivity contribution in [3.8, 4) is 0 Å². The molecule has 0 saturated carbocycles. The first kappa shape index (κ1) is 13.3. The zero-order chi connectivity index (χ0) is 14.1. The van der Waals surface area contributed by atoms with Crippen LogP contribution < -0.4 is 5.73 Å². The summed E-state index contributed by atoms with van der Waals surface area (Å²) in [6.45, 7) is 0. The SMILES string of the molecule is NC(Cc1nc2ccccc2o1)c1ccc(Br)cc1F. The molecule has 0 bridgehead atoms. The van der Waals surface area contributed by atoms with Crippen LogP contribution in [0.2, 0.25) is 0 Å². The summed E-state index contributed by atoms with van der Waals surface area (Å²) in [5.74, 6) is 0.184. The molecule has 102 valence electrons. The van der Waals surface area contributed by atoms with Gasteiger partial charge in [0.25, 0.3) is 0 Å². The van der Waals surface area contributed by atoms with Crippen molar-refractivity contribution in [3.05, 3.63) is 64.2 Å². The molecule has 0 radical (unpaired) electrons. The van der Waals surface area contributed by atoms with Crippen LogP contribution in [-0.4, -0.2) is 4.98 Å². The molecule has 0 spiro atoms. The summed E-state index contributed by atoms with van der Waals surface area (Å²) in [5.41, 5.74) is 8.00. The number of para-hydroxylation sites is 2. The van der Waals surface area contributed by atoms with Gasteiger partial charge in [-0.05, 0) is 24.3 Å². The van der Waals surface area contributed by atoms with E-state index in [1.807, 2.05) is 24.3 Å². The topological polar surface area (TPSA) is 52.0 Å². The highest BCUT2D eigenvalue weighted by Crippen LogP contribution is 2.23. The van der Waals surface area contributed by atoms with Gasteiger partial charge in [-0.2, -0.15) is 0 Å². The van der Waals surface area contributed by atoms with Crippen LogP contribution in [-0.2, 0) is 6.42 Å². The number of rotatable bonds is 3. The average molecular weight is 335 g/mol. The summed E-state index contributed by atoms with van der Waals surface area (Å²) >= 11 is 3.22. The largest absolute Gasteiger partial charge is 0.441 e. The van der Waals surface area contributed by atoms with Gasteiger partial charge in [0, 0.05) is 22.5 Å². The van der Waals surface area contributed by atoms with Gasteiger partial charge in [-0.1, -0.05) is 34.1 Å². The van der Waals surface area contributed by atoms with Gasteiger partial charge >= 0.3 is 0 Å². The van der Waals surface area contributed by atoms with Crippen LogP contribution in [0.15, 0.2) is 51.4 Å². The number of aromatic nitrogens is 1. The molecule has 0 aliphatic carbocycles. The van der Waals surface area contributed by atoms with Gasteiger partial charge in [-0.15, -0.1) is 0 Å². The van der Waals surface area contributed by atoms with Gasteiger partial charge in [0.05, 0.1) is 0 Å². The molecule has 3 aromatic rings. The number of benzene rings is 2. The van der Waals surface area contributed by atoms with Crippen LogP contribution in [0.1, 0.15) is 17.5 Å². The van der Waals surface area contributed by atoms with Crippen molar-refractivity contribution in [2.75, 3.05) is 0 Å². The Morgan fingerprint density at radius 1 is 1.25 bits per heavy atom. The number of hydrogen-bond acceptors (Lipinski definition) is 3. The monoisotopic (exact) mass is 334 g/mol. The van der Waals surface area contributed by atoms with Crippen molar-refractivity contribution in [3.63, 3.8) is 0 Å². The molecule has 0 amide bonds. The van der Waals surface area contributed by atoms with Gasteiger partial charge in [-0.25, -0.2) is 9.37 Å². The number of halogens is 2. The Labute approximate surface area is 123 Å². The Balaban J connectivity index is 1.86. The molecule has 2 aromatic carbocycles. The maximum absolute atomic E-state index is 13.8. The number of nitrogens with two attached hydrogens (primary N) is 1. The fourth-order valence-corrected chi connectivity index (χ4v) is 2.44. The molecule has 1 heterocycles. The lowest BCUT2D eigenvalue weighted by molar-refractivity contribution is 0.492. The molecule has 1 unspecified atom stereocenters. The lowest BCUT2D eigenvalue weighted by Crippen LogP contribution is -2.15. The first-order chi connectivity index (χ1) is 9.63. The zero-order valence-corrected chi connectivity index (χ0v) is 12.1. The van der Waals surface area contributed by atoms with E-state index in [1.54, 1.807) is 12.1 Å². The highest BCUT2D eigenvalue weighted by molar-refractivity contribution is 9.10. The average Bonchev–Trinajstić information content (AvgIpc) is 2.80. The van der Waals surface area contributed by atoms with Crippen molar-refractivity contribution in [1.29, 1.82) is 0 Å². The molecule has 1 atom stereocenters. The molecule has 0 fully saturated rings. The second kappa shape index (κ2) is 5.34. The molecular weight excluding hydrogens is 323 g/mol. The van der Waals surface area contributed by atoms with E-state index in [0.29, 0.717) is 27.9 Å². The molecule has 3 rings (SSSR count). The first-order valence-corrected chi connectivity index (χ1v) is 6.98. The number of oxazole rings is 1. The maximum Gasteiger partial charge on any atom is 0.197 e. The van der Waals surface area contributed by atoms with Crippen molar-refractivity contribution < 1.29 is 8.81 Å². The third-order valence-electron chi connectivity index (χ3n) is 3.09. The first-order valence-electron chi connectivity index (χ1n) is 6.18. The second-order valence-corrected chi connectivity index (χ2v) is 5.47. The Bertz CT molecular complexity index is 723. The van der Waals surface area contributed by atoms with E-state index >= 15 is 0 Å². The molecule has 0 saturated heterocycles. The Kier molecular flexibility index (Phi) is 3.54. The predicted molar refractivity (Wildman–Crippen MR) is 78.7 cm³/mol. The highest BCUT2D eigenvalue weighted by Gasteiger charge is 2.15. The second-order valence-electron chi connectivity index (χ2n) is 4.55. The summed E-state index contributed by atoms with van der Waals surface area (Å²) in [6, 6.07) is 11.8. The molecular formula is C15H12BrFN2O. The fourth-order valence-electron chi connectivity index (χ4n) is 2.11. The summed E-state index contributed by atoms with van der Waals surface area (Å²) in [6.07, 6.45) is 0.354. The summed E-state index contributed by atoms with van der Waals surface area (Å²) in [4.78, 5) is 4.35. The van der Waals surface area contributed by atoms with Crippen LogP contribution in [0.4, 0.5) is 4.39 Å². The zero-order valence-electron chi connectivity index (χ0n) is 10.5. The quantitative estimate of drug-likeness (QED) is 0.788. The Morgan fingerprint density at radius 2 is 2.05 bits per heavy atom. The van der Waals surface area contributed by atoms with E-state index < -0.39 is 6.04 Å². The van der Waals surface area contributed by atoms with Gasteiger partial charge in [0.1, 0.15) is 11.3 Å². The van der Waals surface area contributed by atoms with Gasteiger partial charge in [-0.3, -0.25) is 0 Å². The number of hydrogen-bond donors (Lipinski definition) is 1. The van der Waals surface area contributed by atoms with Gasteiger partial charge in [0.15, 0.2) is 11.5 Å². The lowest BCUT2D eigenvalue weighted by atomic mass is 10.0. The van der Waals surface area contributed by atoms with Crippen molar-refractivity contribution in [1.82, 2.24) is 4.98 Å². The van der Waals surface area contributed by atoms with Crippen LogP contribution in [0.25, 0.3) is 11.1 Å². The minimum atomic E-state index is -0.490.